The summed E-state index contributed by atoms with van der Waals surface area (Å²) in [7, 11) is 0. The molecule has 0 radical (unpaired) electrons. The third-order valence-corrected chi connectivity index (χ3v) is 4.58. The first-order chi connectivity index (χ1) is 12.5. The molecule has 0 unspecified atom stereocenters. The molecule has 26 heavy (non-hydrogen) atoms. The van der Waals surface area contributed by atoms with Crippen molar-refractivity contribution in [3.63, 3.8) is 0 Å². The van der Waals surface area contributed by atoms with Crippen LogP contribution in [0.2, 0.25) is 4.34 Å². The van der Waals surface area contributed by atoms with Crippen LogP contribution in [-0.2, 0) is 4.74 Å². The number of hydrogen-bond acceptors (Lipinski definition) is 6. The molecule has 0 spiro atoms. The first-order valence-electron chi connectivity index (χ1n) is 7.43. The van der Waals surface area contributed by atoms with Crippen molar-refractivity contribution in [3.05, 3.63) is 75.3 Å². The Hall–Kier alpha value is -2.90. The van der Waals surface area contributed by atoms with Crippen LogP contribution in [0.1, 0.15) is 30.6 Å². The van der Waals surface area contributed by atoms with Crippen LogP contribution < -0.4 is 5.32 Å². The third kappa shape index (κ3) is 4.38. The van der Waals surface area contributed by atoms with Crippen LogP contribution in [0.4, 0.5) is 5.69 Å². The maximum Gasteiger partial charge on any atom is 0.338 e. The van der Waals surface area contributed by atoms with Gasteiger partial charge >= 0.3 is 5.97 Å². The van der Waals surface area contributed by atoms with Crippen molar-refractivity contribution in [2.75, 3.05) is 11.9 Å². The number of esters is 1. The summed E-state index contributed by atoms with van der Waals surface area (Å²) in [5.74, 6) is -1.17. The van der Waals surface area contributed by atoms with E-state index < -0.39 is 11.9 Å². The molecule has 1 aromatic carbocycles. The van der Waals surface area contributed by atoms with Crippen LogP contribution >= 0.6 is 22.9 Å². The lowest BCUT2D eigenvalue weighted by Crippen LogP contribution is -2.14. The molecule has 0 atom stereocenters. The Morgan fingerprint density at radius 1 is 1.08 bits per heavy atom. The zero-order valence-corrected chi connectivity index (χ0v) is 14.8. The zero-order chi connectivity index (χ0) is 18.5. The Balaban J connectivity index is 1.55. The summed E-state index contributed by atoms with van der Waals surface area (Å²) in [5, 5.41) is 2.63. The zero-order valence-electron chi connectivity index (χ0n) is 13.2. The van der Waals surface area contributed by atoms with Crippen molar-refractivity contribution >= 4 is 46.3 Å². The molecule has 6 nitrogen and oxygen atoms in total. The number of ether oxygens (including phenoxy) is 1. The number of rotatable bonds is 6. The van der Waals surface area contributed by atoms with Crippen molar-refractivity contribution in [1.82, 2.24) is 0 Å². The van der Waals surface area contributed by atoms with E-state index in [4.69, 9.17) is 20.8 Å². The van der Waals surface area contributed by atoms with Gasteiger partial charge in [0.2, 0.25) is 5.78 Å². The maximum atomic E-state index is 12.0. The third-order valence-electron chi connectivity index (χ3n) is 3.31. The highest BCUT2D eigenvalue weighted by atomic mass is 35.5. The SMILES string of the molecule is O=C(OCC(=O)c1ccc(Cl)s1)c1ccc(NC(=O)c2ccco2)cc1. The van der Waals surface area contributed by atoms with E-state index in [1.54, 1.807) is 36.4 Å². The summed E-state index contributed by atoms with van der Waals surface area (Å²) in [5.41, 5.74) is 0.755. The van der Waals surface area contributed by atoms with Crippen LogP contribution in [0.15, 0.2) is 59.2 Å². The highest BCUT2D eigenvalue weighted by Crippen LogP contribution is 2.22. The molecule has 3 rings (SSSR count). The fourth-order valence-corrected chi connectivity index (χ4v) is 3.01. The molecule has 8 heteroatoms. The second-order valence-electron chi connectivity index (χ2n) is 5.11. The molecule has 1 N–H and O–H groups in total. The number of carbonyl (C=O) groups excluding carboxylic acids is 3. The first-order valence-corrected chi connectivity index (χ1v) is 8.63. The fourth-order valence-electron chi connectivity index (χ4n) is 2.04. The number of amides is 1. The van der Waals surface area contributed by atoms with Gasteiger partial charge in [0.15, 0.2) is 12.4 Å². The summed E-state index contributed by atoms with van der Waals surface area (Å²) in [6, 6.07) is 12.4. The topological polar surface area (TPSA) is 85.6 Å². The second kappa shape index (κ2) is 7.99. The number of halogens is 1. The number of thiophene rings is 1. The quantitative estimate of drug-likeness (QED) is 0.502. The van der Waals surface area contributed by atoms with Gasteiger partial charge in [-0.3, -0.25) is 9.59 Å². The molecule has 0 fully saturated rings. The number of anilines is 1. The molecule has 0 bridgehead atoms. The Bertz CT molecular complexity index is 931. The number of ketones is 1. The number of nitrogens with one attached hydrogen (secondary N) is 1. The van der Waals surface area contributed by atoms with E-state index in [1.807, 2.05) is 0 Å². The summed E-state index contributed by atoms with van der Waals surface area (Å²) in [6.07, 6.45) is 1.40. The Kier molecular flexibility index (Phi) is 5.50. The van der Waals surface area contributed by atoms with Crippen LogP contribution in [0, 0.1) is 0 Å². The van der Waals surface area contributed by atoms with Crippen LogP contribution in [0.5, 0.6) is 0 Å². The van der Waals surface area contributed by atoms with Crippen molar-refractivity contribution in [1.29, 1.82) is 0 Å². The average Bonchev–Trinajstić information content (AvgIpc) is 3.31. The van der Waals surface area contributed by atoms with Gasteiger partial charge in [-0.25, -0.2) is 4.79 Å². The summed E-state index contributed by atoms with van der Waals surface area (Å²) in [4.78, 5) is 36.2. The van der Waals surface area contributed by atoms with Gasteiger partial charge in [-0.05, 0) is 48.5 Å². The monoisotopic (exact) mass is 389 g/mol. The molecular formula is C18H12ClNO5S. The lowest BCUT2D eigenvalue weighted by Gasteiger charge is -2.06. The van der Waals surface area contributed by atoms with Crippen molar-refractivity contribution in [3.8, 4) is 0 Å². The van der Waals surface area contributed by atoms with E-state index in [-0.39, 0.29) is 23.7 Å². The molecule has 3 aromatic rings. The Labute approximate surface area is 157 Å². The van der Waals surface area contributed by atoms with Crippen LogP contribution in [0.3, 0.4) is 0 Å². The van der Waals surface area contributed by atoms with Gasteiger partial charge in [0.25, 0.3) is 5.91 Å². The summed E-state index contributed by atoms with van der Waals surface area (Å²) in [6.45, 7) is -0.368. The molecular weight excluding hydrogens is 378 g/mol. The smallest absolute Gasteiger partial charge is 0.338 e. The van der Waals surface area contributed by atoms with Crippen LogP contribution in [-0.4, -0.2) is 24.3 Å². The number of furan rings is 1. The van der Waals surface area contributed by atoms with Crippen molar-refractivity contribution in [2.45, 2.75) is 0 Å². The fraction of sp³-hybridized carbons (Fsp3) is 0.0556. The summed E-state index contributed by atoms with van der Waals surface area (Å²) < 4.78 is 10.5. The molecule has 0 saturated carbocycles. The van der Waals surface area contributed by atoms with E-state index in [9.17, 15) is 14.4 Å². The van der Waals surface area contributed by atoms with Crippen molar-refractivity contribution < 1.29 is 23.5 Å². The van der Waals surface area contributed by atoms with Gasteiger partial charge < -0.3 is 14.5 Å². The predicted octanol–water partition coefficient (Wildman–Crippen LogP) is 4.29. The molecule has 0 saturated heterocycles. The number of carbonyl (C=O) groups is 3. The van der Waals surface area contributed by atoms with Gasteiger partial charge in [-0.2, -0.15) is 0 Å². The normalized spacial score (nSPS) is 10.3. The minimum absolute atomic E-state index is 0.181. The summed E-state index contributed by atoms with van der Waals surface area (Å²) >= 11 is 6.90. The lowest BCUT2D eigenvalue weighted by atomic mass is 10.2. The van der Waals surface area contributed by atoms with E-state index in [1.165, 1.54) is 18.4 Å². The Morgan fingerprint density at radius 2 is 1.85 bits per heavy atom. The van der Waals surface area contributed by atoms with Gasteiger partial charge in [0.05, 0.1) is 21.0 Å². The molecule has 1 amide bonds. The number of benzene rings is 1. The highest BCUT2D eigenvalue weighted by molar-refractivity contribution is 7.18. The number of Topliss-reactive ketones (excluding diaryl/α,β-unsaturated/α-hetero) is 1. The largest absolute Gasteiger partial charge is 0.459 e. The lowest BCUT2D eigenvalue weighted by molar-refractivity contribution is 0.0476. The maximum absolute atomic E-state index is 12.0. The van der Waals surface area contributed by atoms with Crippen molar-refractivity contribution in [2.24, 2.45) is 0 Å². The molecule has 0 aliphatic rings. The molecule has 2 aromatic heterocycles. The minimum Gasteiger partial charge on any atom is -0.459 e. The van der Waals surface area contributed by atoms with E-state index in [0.717, 1.165) is 11.3 Å². The highest BCUT2D eigenvalue weighted by Gasteiger charge is 2.14. The van der Waals surface area contributed by atoms with Gasteiger partial charge in [-0.15, -0.1) is 11.3 Å². The van der Waals surface area contributed by atoms with E-state index in [2.05, 4.69) is 5.32 Å². The van der Waals surface area contributed by atoms with E-state index in [0.29, 0.717) is 14.9 Å². The van der Waals surface area contributed by atoms with Crippen LogP contribution in [0.25, 0.3) is 0 Å². The van der Waals surface area contributed by atoms with E-state index >= 15 is 0 Å². The average molecular weight is 390 g/mol. The molecule has 2 heterocycles. The molecule has 0 aliphatic carbocycles. The van der Waals surface area contributed by atoms with Gasteiger partial charge in [0.1, 0.15) is 0 Å². The predicted molar refractivity (Wildman–Crippen MR) is 97.0 cm³/mol. The first kappa shape index (κ1) is 17.9. The van der Waals surface area contributed by atoms with Gasteiger partial charge in [0, 0.05) is 5.69 Å². The molecule has 0 aliphatic heterocycles. The number of hydrogen-bond donors (Lipinski definition) is 1. The Morgan fingerprint density at radius 3 is 2.46 bits per heavy atom. The molecule has 132 valence electrons. The van der Waals surface area contributed by atoms with Gasteiger partial charge in [-0.1, -0.05) is 11.6 Å². The minimum atomic E-state index is -0.634. The standard InChI is InChI=1S/C18H12ClNO5S/c19-16-8-7-15(26-16)13(21)10-25-18(23)11-3-5-12(6-4-11)20-17(22)14-2-1-9-24-14/h1-9H,10H2,(H,20,22). The second-order valence-corrected chi connectivity index (χ2v) is 6.83.